The molecule has 1 aromatic rings. The first-order valence-electron chi connectivity index (χ1n) is 5.95. The normalized spacial score (nSPS) is 12.5. The third-order valence-corrected chi connectivity index (χ3v) is 2.59. The molecule has 1 aromatic carbocycles. The highest BCUT2D eigenvalue weighted by molar-refractivity contribution is 5.94. The van der Waals surface area contributed by atoms with Crippen LogP contribution >= 0.6 is 0 Å². The molecule has 0 aliphatic rings. The monoisotopic (exact) mass is 219 g/mol. The van der Waals surface area contributed by atoms with E-state index in [0.717, 1.165) is 18.4 Å². The number of carbonyl (C=O) groups is 1. The quantitative estimate of drug-likeness (QED) is 0.809. The van der Waals surface area contributed by atoms with Gasteiger partial charge in [-0.05, 0) is 37.8 Å². The van der Waals surface area contributed by atoms with Gasteiger partial charge in [-0.25, -0.2) is 0 Å². The fourth-order valence-corrected chi connectivity index (χ4v) is 1.55. The van der Waals surface area contributed by atoms with Crippen LogP contribution in [0.15, 0.2) is 30.3 Å². The second kappa shape index (κ2) is 6.31. The molecule has 0 fully saturated rings. The van der Waals surface area contributed by atoms with E-state index in [2.05, 4.69) is 26.1 Å². The van der Waals surface area contributed by atoms with Crippen molar-refractivity contribution in [1.29, 1.82) is 0 Å². The standard InChI is InChI=1S/C14H21NO/c1-11(2)9-10-12(3)15-14(16)13-7-5-4-6-8-13/h4-8,11-12H,9-10H2,1-3H3,(H,15,16)/t12-/m0/s1. The van der Waals surface area contributed by atoms with Crippen LogP contribution in [0.3, 0.4) is 0 Å². The Morgan fingerprint density at radius 1 is 1.12 bits per heavy atom. The van der Waals surface area contributed by atoms with Gasteiger partial charge < -0.3 is 5.32 Å². The number of hydrogen-bond donors (Lipinski definition) is 1. The maximum atomic E-state index is 11.8. The first kappa shape index (κ1) is 12.8. The van der Waals surface area contributed by atoms with Crippen molar-refractivity contribution in [2.75, 3.05) is 0 Å². The summed E-state index contributed by atoms with van der Waals surface area (Å²) >= 11 is 0. The van der Waals surface area contributed by atoms with Crippen LogP contribution in [0.2, 0.25) is 0 Å². The van der Waals surface area contributed by atoms with E-state index in [1.165, 1.54) is 0 Å². The maximum absolute atomic E-state index is 11.8. The molecule has 1 atom stereocenters. The van der Waals surface area contributed by atoms with Crippen LogP contribution in [0.25, 0.3) is 0 Å². The minimum absolute atomic E-state index is 0.0249. The van der Waals surface area contributed by atoms with Gasteiger partial charge in [0.05, 0.1) is 0 Å². The largest absolute Gasteiger partial charge is 0.350 e. The van der Waals surface area contributed by atoms with Crippen molar-refractivity contribution < 1.29 is 4.79 Å². The summed E-state index contributed by atoms with van der Waals surface area (Å²) in [5, 5.41) is 3.01. The number of benzene rings is 1. The van der Waals surface area contributed by atoms with Gasteiger partial charge in [0.2, 0.25) is 0 Å². The van der Waals surface area contributed by atoms with E-state index in [1.54, 1.807) is 0 Å². The molecule has 1 rings (SSSR count). The van der Waals surface area contributed by atoms with Crippen molar-refractivity contribution >= 4 is 5.91 Å². The first-order valence-corrected chi connectivity index (χ1v) is 5.95. The first-order chi connectivity index (χ1) is 7.59. The summed E-state index contributed by atoms with van der Waals surface area (Å²) in [6, 6.07) is 9.60. The molecule has 0 aromatic heterocycles. The summed E-state index contributed by atoms with van der Waals surface area (Å²) in [6.45, 7) is 6.46. The summed E-state index contributed by atoms with van der Waals surface area (Å²) in [4.78, 5) is 11.8. The van der Waals surface area contributed by atoms with Gasteiger partial charge >= 0.3 is 0 Å². The molecule has 0 heterocycles. The molecule has 0 radical (unpaired) electrons. The second-order valence-corrected chi connectivity index (χ2v) is 4.71. The zero-order chi connectivity index (χ0) is 12.0. The average molecular weight is 219 g/mol. The van der Waals surface area contributed by atoms with Gasteiger partial charge in [-0.2, -0.15) is 0 Å². The van der Waals surface area contributed by atoms with Gasteiger partial charge in [0.25, 0.3) is 5.91 Å². The van der Waals surface area contributed by atoms with Crippen LogP contribution in [0.4, 0.5) is 0 Å². The van der Waals surface area contributed by atoms with Crippen LogP contribution in [-0.2, 0) is 0 Å². The van der Waals surface area contributed by atoms with Crippen molar-refractivity contribution in [3.63, 3.8) is 0 Å². The summed E-state index contributed by atoms with van der Waals surface area (Å²) in [5.41, 5.74) is 0.735. The Morgan fingerprint density at radius 3 is 2.31 bits per heavy atom. The lowest BCUT2D eigenvalue weighted by atomic mass is 10.0. The summed E-state index contributed by atoms with van der Waals surface area (Å²) < 4.78 is 0. The third kappa shape index (κ3) is 4.47. The van der Waals surface area contributed by atoms with Crippen molar-refractivity contribution in [2.24, 2.45) is 5.92 Å². The van der Waals surface area contributed by atoms with Crippen LogP contribution < -0.4 is 5.32 Å². The van der Waals surface area contributed by atoms with E-state index in [-0.39, 0.29) is 11.9 Å². The predicted molar refractivity (Wildman–Crippen MR) is 67.4 cm³/mol. The number of nitrogens with one attached hydrogen (secondary N) is 1. The lowest BCUT2D eigenvalue weighted by Crippen LogP contribution is -2.32. The van der Waals surface area contributed by atoms with Crippen LogP contribution in [0.5, 0.6) is 0 Å². The van der Waals surface area contributed by atoms with E-state index in [9.17, 15) is 4.79 Å². The van der Waals surface area contributed by atoms with E-state index >= 15 is 0 Å². The Labute approximate surface area is 98.1 Å². The zero-order valence-corrected chi connectivity index (χ0v) is 10.4. The van der Waals surface area contributed by atoms with Crippen molar-refractivity contribution in [2.45, 2.75) is 39.7 Å². The smallest absolute Gasteiger partial charge is 0.251 e. The topological polar surface area (TPSA) is 29.1 Å². The summed E-state index contributed by atoms with van der Waals surface area (Å²) in [7, 11) is 0. The number of hydrogen-bond acceptors (Lipinski definition) is 1. The SMILES string of the molecule is CC(C)CC[C@H](C)NC(=O)c1ccccc1. The van der Waals surface area contributed by atoms with E-state index in [0.29, 0.717) is 5.92 Å². The number of amides is 1. The van der Waals surface area contributed by atoms with Crippen LogP contribution in [0.1, 0.15) is 44.0 Å². The molecule has 88 valence electrons. The van der Waals surface area contributed by atoms with Crippen molar-refractivity contribution in [3.8, 4) is 0 Å². The lowest BCUT2D eigenvalue weighted by Gasteiger charge is -2.15. The summed E-state index contributed by atoms with van der Waals surface area (Å²) in [5.74, 6) is 0.716. The average Bonchev–Trinajstić information content (AvgIpc) is 2.27. The Kier molecular flexibility index (Phi) is 5.03. The molecular weight excluding hydrogens is 198 g/mol. The Bertz CT molecular complexity index is 319. The minimum Gasteiger partial charge on any atom is -0.350 e. The van der Waals surface area contributed by atoms with Gasteiger partial charge in [0.1, 0.15) is 0 Å². The lowest BCUT2D eigenvalue weighted by molar-refractivity contribution is 0.0937. The van der Waals surface area contributed by atoms with Crippen molar-refractivity contribution in [3.05, 3.63) is 35.9 Å². The van der Waals surface area contributed by atoms with E-state index in [1.807, 2.05) is 30.3 Å². The third-order valence-electron chi connectivity index (χ3n) is 2.59. The van der Waals surface area contributed by atoms with Gasteiger partial charge in [0, 0.05) is 11.6 Å². The van der Waals surface area contributed by atoms with E-state index in [4.69, 9.17) is 0 Å². The fourth-order valence-electron chi connectivity index (χ4n) is 1.55. The van der Waals surface area contributed by atoms with E-state index < -0.39 is 0 Å². The molecular formula is C14H21NO. The molecule has 1 amide bonds. The number of carbonyl (C=O) groups excluding carboxylic acids is 1. The molecule has 0 aliphatic carbocycles. The van der Waals surface area contributed by atoms with Crippen molar-refractivity contribution in [1.82, 2.24) is 5.32 Å². The Hall–Kier alpha value is -1.31. The molecule has 16 heavy (non-hydrogen) atoms. The highest BCUT2D eigenvalue weighted by Crippen LogP contribution is 2.07. The molecule has 0 spiro atoms. The fraction of sp³-hybridized carbons (Fsp3) is 0.500. The second-order valence-electron chi connectivity index (χ2n) is 4.71. The highest BCUT2D eigenvalue weighted by Gasteiger charge is 2.09. The molecule has 0 saturated heterocycles. The Balaban J connectivity index is 2.40. The molecule has 2 heteroatoms. The maximum Gasteiger partial charge on any atom is 0.251 e. The van der Waals surface area contributed by atoms with Crippen LogP contribution in [0, 0.1) is 5.92 Å². The molecule has 0 saturated carbocycles. The van der Waals surface area contributed by atoms with Gasteiger partial charge in [-0.1, -0.05) is 32.0 Å². The minimum atomic E-state index is 0.0249. The molecule has 0 bridgehead atoms. The summed E-state index contributed by atoms with van der Waals surface area (Å²) in [6.07, 6.45) is 2.19. The van der Waals surface area contributed by atoms with Gasteiger partial charge in [-0.3, -0.25) is 4.79 Å². The molecule has 0 aliphatic heterocycles. The predicted octanol–water partition coefficient (Wildman–Crippen LogP) is 3.24. The van der Waals surface area contributed by atoms with Crippen LogP contribution in [-0.4, -0.2) is 11.9 Å². The van der Waals surface area contributed by atoms with Gasteiger partial charge in [0.15, 0.2) is 0 Å². The zero-order valence-electron chi connectivity index (χ0n) is 10.4. The Morgan fingerprint density at radius 2 is 1.75 bits per heavy atom. The number of rotatable bonds is 5. The highest BCUT2D eigenvalue weighted by atomic mass is 16.1. The van der Waals surface area contributed by atoms with Gasteiger partial charge in [-0.15, -0.1) is 0 Å². The molecule has 0 unspecified atom stereocenters. The molecule has 2 nitrogen and oxygen atoms in total. The molecule has 1 N–H and O–H groups in total.